The highest BCUT2D eigenvalue weighted by molar-refractivity contribution is 5.18. The lowest BCUT2D eigenvalue weighted by atomic mass is 10.0. The van der Waals surface area contributed by atoms with E-state index in [2.05, 4.69) is 76.2 Å². The Morgan fingerprint density at radius 3 is 0.952 bits per heavy atom. The molecule has 0 aliphatic heterocycles. The molecule has 0 atom stereocenters. The van der Waals surface area contributed by atoms with E-state index in [9.17, 15) is 0 Å². The van der Waals surface area contributed by atoms with Gasteiger partial charge in [0.05, 0.1) is 0 Å². The van der Waals surface area contributed by atoms with E-state index in [0.717, 1.165) is 0 Å². The summed E-state index contributed by atoms with van der Waals surface area (Å²) in [5, 5.41) is 12.0. The Morgan fingerprint density at radius 2 is 0.810 bits per heavy atom. The van der Waals surface area contributed by atoms with Crippen LogP contribution < -0.4 is 0 Å². The minimum absolute atomic E-state index is 0. The van der Waals surface area contributed by atoms with Crippen LogP contribution in [0.2, 0.25) is 0 Å². The second-order valence-electron chi connectivity index (χ2n) is 5.13. The second-order valence-corrected chi connectivity index (χ2v) is 5.13. The van der Waals surface area contributed by atoms with Crippen LogP contribution in [0.4, 0.5) is 0 Å². The molecule has 0 heterocycles. The van der Waals surface area contributed by atoms with Crippen molar-refractivity contribution in [3.63, 3.8) is 0 Å². The van der Waals surface area contributed by atoms with E-state index in [1.54, 1.807) is 0 Å². The summed E-state index contributed by atoms with van der Waals surface area (Å²) in [5.74, 6) is 1.32. The minimum atomic E-state index is 0. The smallest absolute Gasteiger partial charge is 0.0219 e. The first-order chi connectivity index (χ1) is 9.61. The molecule has 118 valence electrons. The molecule has 21 heavy (non-hydrogen) atoms. The monoisotopic (exact) mass is 292 g/mol. The van der Waals surface area contributed by atoms with Crippen molar-refractivity contribution >= 4 is 0 Å². The van der Waals surface area contributed by atoms with Crippen molar-refractivity contribution in [1.82, 2.24) is 0 Å². The Bertz CT molecular complexity index is 381. The SMILES string of the molecule is CC(C)c1ccccc1.CC(C)c1ccccc1.O.OO. The molecule has 0 spiro atoms. The molecule has 0 unspecified atom stereocenters. The molecular formula is C18H28O3. The van der Waals surface area contributed by atoms with E-state index in [1.807, 2.05) is 12.1 Å². The van der Waals surface area contributed by atoms with Gasteiger partial charge in [0, 0.05) is 0 Å². The Morgan fingerprint density at radius 1 is 0.571 bits per heavy atom. The molecule has 2 rings (SSSR count). The van der Waals surface area contributed by atoms with E-state index in [0.29, 0.717) is 11.8 Å². The van der Waals surface area contributed by atoms with Gasteiger partial charge in [-0.1, -0.05) is 88.4 Å². The standard InChI is InChI=1S/2C9H12.H2O2.H2O/c2*1-8(2)9-6-4-3-5-7-9;1-2;/h2*3-8H,1-2H3;1-2H;1H2. The van der Waals surface area contributed by atoms with Gasteiger partial charge in [0.25, 0.3) is 0 Å². The van der Waals surface area contributed by atoms with Gasteiger partial charge in [-0.15, -0.1) is 0 Å². The van der Waals surface area contributed by atoms with Gasteiger partial charge in [-0.2, -0.15) is 0 Å². The Hall–Kier alpha value is -1.68. The highest BCUT2D eigenvalue weighted by atomic mass is 17.0. The molecule has 0 fully saturated rings. The molecule has 0 aliphatic carbocycles. The summed E-state index contributed by atoms with van der Waals surface area (Å²) in [6.45, 7) is 8.81. The first-order valence-electron chi connectivity index (χ1n) is 6.91. The van der Waals surface area contributed by atoms with Crippen LogP contribution in [0, 0.1) is 0 Å². The average Bonchev–Trinajstić information content (AvgIpc) is 2.51. The Balaban J connectivity index is 0. The molecule has 3 heteroatoms. The van der Waals surface area contributed by atoms with Crippen molar-refractivity contribution < 1.29 is 16.0 Å². The summed E-state index contributed by atoms with van der Waals surface area (Å²) in [7, 11) is 0. The summed E-state index contributed by atoms with van der Waals surface area (Å²) >= 11 is 0. The lowest BCUT2D eigenvalue weighted by Gasteiger charge is -2.01. The van der Waals surface area contributed by atoms with E-state index in [1.165, 1.54) is 11.1 Å². The molecule has 0 radical (unpaired) electrons. The van der Waals surface area contributed by atoms with Crippen molar-refractivity contribution in [2.24, 2.45) is 0 Å². The number of hydrogen-bond donors (Lipinski definition) is 2. The van der Waals surface area contributed by atoms with E-state index in [-0.39, 0.29) is 5.48 Å². The largest absolute Gasteiger partial charge is 0.412 e. The number of benzene rings is 2. The van der Waals surface area contributed by atoms with Crippen LogP contribution >= 0.6 is 0 Å². The third kappa shape index (κ3) is 9.79. The van der Waals surface area contributed by atoms with Crippen LogP contribution in [0.5, 0.6) is 0 Å². The summed E-state index contributed by atoms with van der Waals surface area (Å²) in [6.07, 6.45) is 0. The molecule has 0 bridgehead atoms. The van der Waals surface area contributed by atoms with Crippen LogP contribution in [0.15, 0.2) is 60.7 Å². The molecule has 4 N–H and O–H groups in total. The topological polar surface area (TPSA) is 72.0 Å². The van der Waals surface area contributed by atoms with Crippen molar-refractivity contribution in [2.75, 3.05) is 0 Å². The van der Waals surface area contributed by atoms with Gasteiger partial charge in [-0.05, 0) is 23.0 Å². The maximum atomic E-state index is 6.00. The molecule has 0 saturated heterocycles. The summed E-state index contributed by atoms with van der Waals surface area (Å²) < 4.78 is 0. The molecule has 0 aromatic heterocycles. The van der Waals surface area contributed by atoms with Crippen molar-refractivity contribution in [1.29, 1.82) is 0 Å². The van der Waals surface area contributed by atoms with Crippen LogP contribution in [-0.2, 0) is 0 Å². The van der Waals surface area contributed by atoms with E-state index in [4.69, 9.17) is 10.5 Å². The van der Waals surface area contributed by atoms with Gasteiger partial charge in [0.1, 0.15) is 0 Å². The number of hydrogen-bond acceptors (Lipinski definition) is 2. The fourth-order valence-electron chi connectivity index (χ4n) is 1.68. The predicted octanol–water partition coefficient (Wildman–Crippen LogP) is 4.81. The van der Waals surface area contributed by atoms with Crippen molar-refractivity contribution in [2.45, 2.75) is 39.5 Å². The van der Waals surface area contributed by atoms with Gasteiger partial charge in [-0.25, -0.2) is 0 Å². The van der Waals surface area contributed by atoms with Crippen LogP contribution in [-0.4, -0.2) is 16.0 Å². The summed E-state index contributed by atoms with van der Waals surface area (Å²) in [6, 6.07) is 21.0. The molecule has 0 aliphatic rings. The second kappa shape index (κ2) is 13.3. The Kier molecular flexibility index (Phi) is 13.7. The molecule has 2 aromatic rings. The van der Waals surface area contributed by atoms with E-state index < -0.39 is 0 Å². The molecule has 0 amide bonds. The average molecular weight is 292 g/mol. The maximum Gasteiger partial charge on any atom is -0.0219 e. The zero-order valence-electron chi connectivity index (χ0n) is 13.3. The third-order valence-corrected chi connectivity index (χ3v) is 2.93. The maximum absolute atomic E-state index is 6.00. The fourth-order valence-corrected chi connectivity index (χ4v) is 1.68. The third-order valence-electron chi connectivity index (χ3n) is 2.93. The quantitative estimate of drug-likeness (QED) is 0.615. The lowest BCUT2D eigenvalue weighted by molar-refractivity contribution is -0.176. The number of rotatable bonds is 2. The first-order valence-corrected chi connectivity index (χ1v) is 6.91. The fraction of sp³-hybridized carbons (Fsp3) is 0.333. The first kappa shape index (κ1) is 21.6. The lowest BCUT2D eigenvalue weighted by Crippen LogP contribution is -1.83. The predicted molar refractivity (Wildman–Crippen MR) is 89.9 cm³/mol. The molecular weight excluding hydrogens is 264 g/mol. The van der Waals surface area contributed by atoms with Crippen LogP contribution in [0.25, 0.3) is 0 Å². The van der Waals surface area contributed by atoms with Gasteiger partial charge in [0.2, 0.25) is 0 Å². The summed E-state index contributed by atoms with van der Waals surface area (Å²) in [5.41, 5.74) is 2.83. The van der Waals surface area contributed by atoms with E-state index >= 15 is 0 Å². The highest BCUT2D eigenvalue weighted by Gasteiger charge is 1.94. The minimum Gasteiger partial charge on any atom is -0.412 e. The summed E-state index contributed by atoms with van der Waals surface area (Å²) in [4.78, 5) is 0. The van der Waals surface area contributed by atoms with Crippen molar-refractivity contribution in [3.05, 3.63) is 71.8 Å². The normalized spacial score (nSPS) is 8.95. The van der Waals surface area contributed by atoms with Gasteiger partial charge in [0.15, 0.2) is 0 Å². The van der Waals surface area contributed by atoms with Gasteiger partial charge < -0.3 is 5.48 Å². The molecule has 0 saturated carbocycles. The van der Waals surface area contributed by atoms with Gasteiger partial charge in [-0.3, -0.25) is 10.5 Å². The van der Waals surface area contributed by atoms with Crippen LogP contribution in [0.1, 0.15) is 50.7 Å². The highest BCUT2D eigenvalue weighted by Crippen LogP contribution is 2.12. The van der Waals surface area contributed by atoms with Gasteiger partial charge >= 0.3 is 0 Å². The zero-order chi connectivity index (χ0) is 15.4. The molecule has 2 aromatic carbocycles. The molecule has 3 nitrogen and oxygen atoms in total. The van der Waals surface area contributed by atoms with Crippen LogP contribution in [0.3, 0.4) is 0 Å². The van der Waals surface area contributed by atoms with Crippen molar-refractivity contribution in [3.8, 4) is 0 Å². The zero-order valence-corrected chi connectivity index (χ0v) is 13.3. The Labute approximate surface area is 128 Å².